The molecule has 0 aliphatic heterocycles. The normalized spacial score (nSPS) is 11.9. The number of methoxy groups -OCH3 is 1. The summed E-state index contributed by atoms with van der Waals surface area (Å²) in [5.74, 6) is -0.287. The van der Waals surface area contributed by atoms with Crippen LogP contribution in [0.5, 0.6) is 5.75 Å². The lowest BCUT2D eigenvalue weighted by Crippen LogP contribution is -2.31. The maximum absolute atomic E-state index is 13.3. The predicted molar refractivity (Wildman–Crippen MR) is 119 cm³/mol. The Morgan fingerprint density at radius 2 is 1.78 bits per heavy atom. The van der Waals surface area contributed by atoms with Crippen LogP contribution >= 0.6 is 0 Å². The van der Waals surface area contributed by atoms with Gasteiger partial charge in [-0.15, -0.1) is 0 Å². The topological polar surface area (TPSA) is 73.5 Å². The summed E-state index contributed by atoms with van der Waals surface area (Å²) in [6.45, 7) is 0.202. The van der Waals surface area contributed by atoms with Crippen molar-refractivity contribution in [1.82, 2.24) is 9.88 Å². The number of oxazole rings is 1. The molecule has 1 unspecified atom stereocenters. The predicted octanol–water partition coefficient (Wildman–Crippen LogP) is 4.23. The van der Waals surface area contributed by atoms with Crippen molar-refractivity contribution < 1.29 is 18.3 Å². The van der Waals surface area contributed by atoms with Crippen molar-refractivity contribution in [1.29, 1.82) is 0 Å². The molecule has 0 aliphatic rings. The summed E-state index contributed by atoms with van der Waals surface area (Å²) in [6, 6.07) is 20.4. The van der Waals surface area contributed by atoms with Gasteiger partial charge in [-0.2, -0.15) is 0 Å². The molecule has 1 heterocycles. The first-order chi connectivity index (χ1) is 15.5. The summed E-state index contributed by atoms with van der Waals surface area (Å²) in [7, 11) is 1.59. The fourth-order valence-corrected chi connectivity index (χ4v) is 3.65. The van der Waals surface area contributed by atoms with E-state index >= 15 is 0 Å². The van der Waals surface area contributed by atoms with Crippen LogP contribution in [-0.2, 0) is 17.8 Å². The van der Waals surface area contributed by atoms with Crippen LogP contribution in [0.4, 0.5) is 4.39 Å². The van der Waals surface area contributed by atoms with E-state index in [2.05, 4.69) is 5.32 Å². The number of halogens is 1. The molecule has 0 fully saturated rings. The minimum Gasteiger partial charge on any atom is -0.497 e. The number of aryl methyl sites for hydroxylation is 1. The number of para-hydroxylation sites is 2. The highest BCUT2D eigenvalue weighted by atomic mass is 19.1. The molecule has 32 heavy (non-hydrogen) atoms. The molecule has 0 aliphatic carbocycles. The van der Waals surface area contributed by atoms with Crippen molar-refractivity contribution >= 4 is 17.0 Å². The van der Waals surface area contributed by atoms with E-state index in [4.69, 9.17) is 9.15 Å². The van der Waals surface area contributed by atoms with Crippen molar-refractivity contribution in [3.8, 4) is 5.75 Å². The van der Waals surface area contributed by atoms with Gasteiger partial charge < -0.3 is 14.5 Å². The molecule has 0 bridgehead atoms. The van der Waals surface area contributed by atoms with Crippen molar-refractivity contribution in [3.63, 3.8) is 0 Å². The number of hydrogen-bond donors (Lipinski definition) is 1. The van der Waals surface area contributed by atoms with E-state index in [9.17, 15) is 14.0 Å². The van der Waals surface area contributed by atoms with Crippen LogP contribution in [-0.4, -0.2) is 17.6 Å². The van der Waals surface area contributed by atoms with Gasteiger partial charge in [0.05, 0.1) is 18.7 Å². The Balaban J connectivity index is 1.50. The zero-order valence-electron chi connectivity index (χ0n) is 17.6. The average Bonchev–Trinajstić information content (AvgIpc) is 3.13. The van der Waals surface area contributed by atoms with Gasteiger partial charge in [-0.25, -0.2) is 9.18 Å². The third-order valence-corrected chi connectivity index (χ3v) is 5.34. The zero-order valence-corrected chi connectivity index (χ0v) is 17.6. The maximum atomic E-state index is 13.3. The van der Waals surface area contributed by atoms with Crippen LogP contribution in [0.2, 0.25) is 0 Å². The third kappa shape index (κ3) is 4.88. The molecule has 0 radical (unpaired) electrons. The number of hydrogen-bond acceptors (Lipinski definition) is 4. The van der Waals surface area contributed by atoms with Gasteiger partial charge in [-0.05, 0) is 53.9 Å². The molecule has 4 rings (SSSR count). The number of nitrogens with one attached hydrogen (secondary N) is 1. The summed E-state index contributed by atoms with van der Waals surface area (Å²) in [5.41, 5.74) is 2.94. The van der Waals surface area contributed by atoms with Crippen LogP contribution in [0.15, 0.2) is 82.0 Å². The van der Waals surface area contributed by atoms with E-state index in [0.717, 1.165) is 11.1 Å². The number of ether oxygens (including phenoxy) is 1. The lowest BCUT2D eigenvalue weighted by Gasteiger charge is -2.20. The molecule has 7 heteroatoms. The Kier molecular flexibility index (Phi) is 6.35. The standard InChI is InChI=1S/C25H23FN2O4/c1-31-20-12-8-18(9-13-20)21(16-17-6-10-19(26)11-7-17)27-24(29)14-15-28-22-4-2-3-5-23(22)32-25(28)30/h2-13,21H,14-16H2,1H3,(H,27,29). The number of aromatic nitrogens is 1. The molecular weight excluding hydrogens is 411 g/mol. The number of benzene rings is 3. The van der Waals surface area contributed by atoms with Crippen molar-refractivity contribution in [3.05, 3.63) is 100 Å². The molecule has 1 amide bonds. The highest BCUT2D eigenvalue weighted by Gasteiger charge is 2.17. The van der Waals surface area contributed by atoms with Crippen LogP contribution in [0, 0.1) is 5.82 Å². The number of amides is 1. The molecule has 1 aromatic heterocycles. The highest BCUT2D eigenvalue weighted by molar-refractivity contribution is 5.77. The monoisotopic (exact) mass is 434 g/mol. The molecule has 4 aromatic rings. The van der Waals surface area contributed by atoms with Crippen LogP contribution in [0.1, 0.15) is 23.6 Å². The molecule has 0 spiro atoms. The SMILES string of the molecule is COc1ccc(C(Cc2ccc(F)cc2)NC(=O)CCn2c(=O)oc3ccccc32)cc1. The largest absolute Gasteiger partial charge is 0.497 e. The Hall–Kier alpha value is -3.87. The molecule has 6 nitrogen and oxygen atoms in total. The summed E-state index contributed by atoms with van der Waals surface area (Å²) < 4.78 is 25.2. The fraction of sp³-hybridized carbons (Fsp3) is 0.200. The number of fused-ring (bicyclic) bond motifs is 1. The molecule has 164 valence electrons. The van der Waals surface area contributed by atoms with Crippen molar-refractivity contribution in [2.75, 3.05) is 7.11 Å². The smallest absolute Gasteiger partial charge is 0.419 e. The third-order valence-electron chi connectivity index (χ3n) is 5.34. The molecule has 0 saturated heterocycles. The first-order valence-electron chi connectivity index (χ1n) is 10.3. The first-order valence-corrected chi connectivity index (χ1v) is 10.3. The Morgan fingerprint density at radius 3 is 2.50 bits per heavy atom. The molecule has 3 aromatic carbocycles. The number of carbonyl (C=O) groups excluding carboxylic acids is 1. The second kappa shape index (κ2) is 9.51. The molecular formula is C25H23FN2O4. The molecule has 1 N–H and O–H groups in total. The number of rotatable bonds is 8. The lowest BCUT2D eigenvalue weighted by molar-refractivity contribution is -0.122. The minimum absolute atomic E-state index is 0.111. The van der Waals surface area contributed by atoms with Gasteiger partial charge in [0.2, 0.25) is 5.91 Å². The minimum atomic E-state index is -0.489. The quantitative estimate of drug-likeness (QED) is 0.450. The Bertz CT molecular complexity index is 1260. The van der Waals surface area contributed by atoms with E-state index in [0.29, 0.717) is 23.3 Å². The number of nitrogens with zero attached hydrogens (tertiary/aromatic N) is 1. The first kappa shape index (κ1) is 21.4. The van der Waals surface area contributed by atoms with Crippen LogP contribution in [0.3, 0.4) is 0 Å². The molecule has 1 atom stereocenters. The lowest BCUT2D eigenvalue weighted by atomic mass is 9.98. The van der Waals surface area contributed by atoms with Crippen LogP contribution < -0.4 is 15.8 Å². The highest BCUT2D eigenvalue weighted by Crippen LogP contribution is 2.22. The summed E-state index contributed by atoms with van der Waals surface area (Å²) >= 11 is 0. The van der Waals surface area contributed by atoms with E-state index in [-0.39, 0.29) is 30.7 Å². The van der Waals surface area contributed by atoms with Gasteiger partial charge in [0.1, 0.15) is 11.6 Å². The Morgan fingerprint density at radius 1 is 1.06 bits per heavy atom. The van der Waals surface area contributed by atoms with E-state index in [1.54, 1.807) is 37.4 Å². The van der Waals surface area contributed by atoms with Gasteiger partial charge in [0.25, 0.3) is 0 Å². The van der Waals surface area contributed by atoms with Gasteiger partial charge in [0.15, 0.2) is 5.58 Å². The fourth-order valence-electron chi connectivity index (χ4n) is 3.65. The summed E-state index contributed by atoms with van der Waals surface area (Å²) in [4.78, 5) is 24.9. The van der Waals surface area contributed by atoms with E-state index in [1.807, 2.05) is 30.3 Å². The van der Waals surface area contributed by atoms with Gasteiger partial charge >= 0.3 is 5.76 Å². The van der Waals surface area contributed by atoms with E-state index < -0.39 is 5.76 Å². The van der Waals surface area contributed by atoms with Crippen molar-refractivity contribution in [2.45, 2.75) is 25.4 Å². The summed E-state index contributed by atoms with van der Waals surface area (Å²) in [6.07, 6.45) is 0.604. The van der Waals surface area contributed by atoms with E-state index in [1.165, 1.54) is 16.7 Å². The second-order valence-corrected chi connectivity index (χ2v) is 7.46. The van der Waals surface area contributed by atoms with Crippen LogP contribution in [0.25, 0.3) is 11.1 Å². The Labute approximate surface area is 184 Å². The molecule has 0 saturated carbocycles. The maximum Gasteiger partial charge on any atom is 0.419 e. The average molecular weight is 434 g/mol. The van der Waals surface area contributed by atoms with Gasteiger partial charge in [0, 0.05) is 13.0 Å². The van der Waals surface area contributed by atoms with Crippen molar-refractivity contribution in [2.24, 2.45) is 0 Å². The van der Waals surface area contributed by atoms with Gasteiger partial charge in [-0.3, -0.25) is 9.36 Å². The van der Waals surface area contributed by atoms with Gasteiger partial charge in [-0.1, -0.05) is 36.4 Å². The number of carbonyl (C=O) groups is 1. The zero-order chi connectivity index (χ0) is 22.5. The second-order valence-electron chi connectivity index (χ2n) is 7.46. The summed E-state index contributed by atoms with van der Waals surface area (Å²) in [5, 5.41) is 3.04.